The molecule has 128 valence electrons. The predicted molar refractivity (Wildman–Crippen MR) is 102 cm³/mol. The summed E-state index contributed by atoms with van der Waals surface area (Å²) in [5, 5.41) is 7.07. The zero-order valence-corrected chi connectivity index (χ0v) is 14.2. The summed E-state index contributed by atoms with van der Waals surface area (Å²) in [5.41, 5.74) is 4.52. The van der Waals surface area contributed by atoms with Gasteiger partial charge >= 0.3 is 0 Å². The second-order valence-corrected chi connectivity index (χ2v) is 6.43. The number of hydrazone groups is 1. The molecule has 4 nitrogen and oxygen atoms in total. The fourth-order valence-corrected chi connectivity index (χ4v) is 3.51. The lowest BCUT2D eigenvalue weighted by molar-refractivity contribution is 0.174. The third kappa shape index (κ3) is 2.60. The van der Waals surface area contributed by atoms with Crippen molar-refractivity contribution in [1.82, 2.24) is 0 Å². The Morgan fingerprint density at radius 1 is 0.808 bits per heavy atom. The van der Waals surface area contributed by atoms with E-state index < -0.39 is 0 Å². The Hall–Kier alpha value is -3.27. The van der Waals surface area contributed by atoms with Gasteiger partial charge in [-0.05, 0) is 35.4 Å². The highest BCUT2D eigenvalue weighted by Gasteiger charge is 2.31. The molecule has 0 spiro atoms. The predicted octanol–water partition coefficient (Wildman–Crippen LogP) is 4.77. The summed E-state index contributed by atoms with van der Waals surface area (Å²) in [6.07, 6.45) is 0.846. The quantitative estimate of drug-likeness (QED) is 0.687. The molecule has 5 rings (SSSR count). The van der Waals surface area contributed by atoms with E-state index in [4.69, 9.17) is 14.6 Å². The molecule has 1 atom stereocenters. The minimum Gasteiger partial charge on any atom is -0.454 e. The smallest absolute Gasteiger partial charge is 0.231 e. The van der Waals surface area contributed by atoms with Gasteiger partial charge in [0.05, 0.1) is 17.4 Å². The van der Waals surface area contributed by atoms with Crippen molar-refractivity contribution < 1.29 is 9.47 Å². The Morgan fingerprint density at radius 2 is 1.54 bits per heavy atom. The molecule has 0 amide bonds. The maximum atomic E-state index is 5.57. The lowest BCUT2D eigenvalue weighted by atomic mass is 9.98. The number of nitrogens with zero attached hydrogens (tertiary/aromatic N) is 2. The SMILES string of the molecule is c1ccc(C2=NN(c3ccccc3)[C@H](c3ccc4c(c3)OCO4)C2)cc1. The Morgan fingerprint density at radius 3 is 2.35 bits per heavy atom. The average Bonchev–Trinajstić information content (AvgIpc) is 3.36. The van der Waals surface area contributed by atoms with Crippen LogP contribution in [0.5, 0.6) is 11.5 Å². The zero-order valence-electron chi connectivity index (χ0n) is 14.2. The highest BCUT2D eigenvalue weighted by atomic mass is 16.7. The van der Waals surface area contributed by atoms with Crippen molar-refractivity contribution in [3.8, 4) is 11.5 Å². The molecule has 0 saturated carbocycles. The molecule has 0 aliphatic carbocycles. The molecule has 2 heterocycles. The second kappa shape index (κ2) is 6.23. The average molecular weight is 342 g/mol. The van der Waals surface area contributed by atoms with Crippen molar-refractivity contribution in [2.75, 3.05) is 11.8 Å². The van der Waals surface area contributed by atoms with Gasteiger partial charge in [0, 0.05) is 6.42 Å². The summed E-state index contributed by atoms with van der Waals surface area (Å²) in [7, 11) is 0. The summed E-state index contributed by atoms with van der Waals surface area (Å²) in [5.74, 6) is 1.62. The van der Waals surface area contributed by atoms with Gasteiger partial charge in [0.25, 0.3) is 0 Å². The van der Waals surface area contributed by atoms with Gasteiger partial charge in [-0.1, -0.05) is 54.6 Å². The maximum absolute atomic E-state index is 5.57. The number of fused-ring (bicyclic) bond motifs is 1. The number of hydrogen-bond donors (Lipinski definition) is 0. The number of para-hydroxylation sites is 1. The third-order valence-electron chi connectivity index (χ3n) is 4.82. The fraction of sp³-hybridized carbons (Fsp3) is 0.136. The van der Waals surface area contributed by atoms with Crippen LogP contribution in [0.25, 0.3) is 0 Å². The van der Waals surface area contributed by atoms with Gasteiger partial charge in [-0.3, -0.25) is 5.01 Å². The van der Waals surface area contributed by atoms with E-state index in [1.807, 2.05) is 30.3 Å². The molecule has 0 bridgehead atoms. The molecule has 0 unspecified atom stereocenters. The summed E-state index contributed by atoms with van der Waals surface area (Å²) >= 11 is 0. The molecule has 0 radical (unpaired) electrons. The van der Waals surface area contributed by atoms with Crippen LogP contribution in [0.3, 0.4) is 0 Å². The van der Waals surface area contributed by atoms with E-state index in [0.717, 1.165) is 34.9 Å². The van der Waals surface area contributed by atoms with Gasteiger partial charge in [0.2, 0.25) is 6.79 Å². The molecule has 2 aliphatic rings. The Bertz CT molecular complexity index is 954. The second-order valence-electron chi connectivity index (χ2n) is 6.43. The van der Waals surface area contributed by atoms with Crippen molar-refractivity contribution in [3.63, 3.8) is 0 Å². The van der Waals surface area contributed by atoms with Gasteiger partial charge < -0.3 is 9.47 Å². The first-order valence-electron chi connectivity index (χ1n) is 8.75. The molecule has 0 N–H and O–H groups in total. The van der Waals surface area contributed by atoms with Crippen molar-refractivity contribution in [1.29, 1.82) is 0 Å². The molecule has 26 heavy (non-hydrogen) atoms. The minimum absolute atomic E-state index is 0.127. The monoisotopic (exact) mass is 342 g/mol. The molecule has 3 aromatic rings. The van der Waals surface area contributed by atoms with Gasteiger partial charge in [0.15, 0.2) is 11.5 Å². The molecule has 4 heteroatoms. The Kier molecular flexibility index (Phi) is 3.60. The highest BCUT2D eigenvalue weighted by Crippen LogP contribution is 2.40. The van der Waals surface area contributed by atoms with Crippen LogP contribution in [0.4, 0.5) is 5.69 Å². The molecule has 3 aromatic carbocycles. The van der Waals surface area contributed by atoms with Crippen LogP contribution in [0.1, 0.15) is 23.6 Å². The van der Waals surface area contributed by atoms with E-state index in [9.17, 15) is 0 Å². The molecule has 2 aliphatic heterocycles. The van der Waals surface area contributed by atoms with Crippen LogP contribution < -0.4 is 14.5 Å². The zero-order chi connectivity index (χ0) is 17.3. The van der Waals surface area contributed by atoms with E-state index in [2.05, 4.69) is 53.5 Å². The first-order valence-corrected chi connectivity index (χ1v) is 8.75. The number of rotatable bonds is 3. The molecular weight excluding hydrogens is 324 g/mol. The minimum atomic E-state index is 0.127. The van der Waals surface area contributed by atoms with Crippen LogP contribution in [-0.2, 0) is 0 Å². The van der Waals surface area contributed by atoms with Gasteiger partial charge in [-0.15, -0.1) is 0 Å². The molecule has 0 saturated heterocycles. The van der Waals surface area contributed by atoms with Gasteiger partial charge in [-0.2, -0.15) is 5.10 Å². The third-order valence-corrected chi connectivity index (χ3v) is 4.82. The van der Waals surface area contributed by atoms with Crippen molar-refractivity contribution >= 4 is 11.4 Å². The van der Waals surface area contributed by atoms with Crippen LogP contribution in [0.15, 0.2) is 84.0 Å². The summed E-state index contributed by atoms with van der Waals surface area (Å²) in [6.45, 7) is 0.289. The van der Waals surface area contributed by atoms with E-state index in [0.29, 0.717) is 0 Å². The van der Waals surface area contributed by atoms with Gasteiger partial charge in [-0.25, -0.2) is 0 Å². The normalized spacial score (nSPS) is 18.1. The lowest BCUT2D eigenvalue weighted by Gasteiger charge is -2.24. The molecule has 0 aromatic heterocycles. The number of anilines is 1. The van der Waals surface area contributed by atoms with E-state index >= 15 is 0 Å². The first kappa shape index (κ1) is 15.0. The Balaban J connectivity index is 1.55. The van der Waals surface area contributed by atoms with Crippen LogP contribution in [-0.4, -0.2) is 12.5 Å². The van der Waals surface area contributed by atoms with Gasteiger partial charge in [0.1, 0.15) is 0 Å². The van der Waals surface area contributed by atoms with Crippen molar-refractivity contribution in [2.45, 2.75) is 12.5 Å². The molecule has 0 fully saturated rings. The maximum Gasteiger partial charge on any atom is 0.231 e. The van der Waals surface area contributed by atoms with E-state index in [-0.39, 0.29) is 12.8 Å². The standard InChI is InChI=1S/C22H18N2O2/c1-3-7-16(8-4-1)19-14-20(24(23-19)18-9-5-2-6-10-18)17-11-12-21-22(13-17)26-15-25-21/h1-13,20H,14-15H2/t20-/m0/s1. The highest BCUT2D eigenvalue weighted by molar-refractivity contribution is 6.03. The van der Waals surface area contributed by atoms with Crippen molar-refractivity contribution in [2.24, 2.45) is 5.10 Å². The number of hydrogen-bond acceptors (Lipinski definition) is 4. The Labute approximate surface area is 152 Å². The van der Waals surface area contributed by atoms with Crippen molar-refractivity contribution in [3.05, 3.63) is 90.0 Å². The lowest BCUT2D eigenvalue weighted by Crippen LogP contribution is -2.18. The number of benzene rings is 3. The summed E-state index contributed by atoms with van der Waals surface area (Å²) in [6, 6.07) is 27.0. The van der Waals surface area contributed by atoms with Crippen LogP contribution >= 0.6 is 0 Å². The number of ether oxygens (including phenoxy) is 2. The van der Waals surface area contributed by atoms with E-state index in [1.165, 1.54) is 5.56 Å². The van der Waals surface area contributed by atoms with E-state index in [1.54, 1.807) is 0 Å². The van der Waals surface area contributed by atoms with Crippen LogP contribution in [0.2, 0.25) is 0 Å². The molecular formula is C22H18N2O2. The largest absolute Gasteiger partial charge is 0.454 e. The fourth-order valence-electron chi connectivity index (χ4n) is 3.51. The van der Waals surface area contributed by atoms with Crippen LogP contribution in [0, 0.1) is 0 Å². The first-order chi connectivity index (χ1) is 12.9. The topological polar surface area (TPSA) is 34.1 Å². The summed E-state index contributed by atoms with van der Waals surface area (Å²) in [4.78, 5) is 0. The summed E-state index contributed by atoms with van der Waals surface area (Å²) < 4.78 is 11.0.